The molecule has 0 spiro atoms. The Morgan fingerprint density at radius 1 is 1.76 bits per heavy atom. The lowest BCUT2D eigenvalue weighted by atomic mass is 10.0. The minimum absolute atomic E-state index is 0.214. The number of nitrogens with zero attached hydrogens (tertiary/aromatic N) is 2. The number of halogens is 1. The van der Waals surface area contributed by atoms with Crippen molar-refractivity contribution in [2.75, 3.05) is 12.3 Å². The fourth-order valence-corrected chi connectivity index (χ4v) is 3.02. The summed E-state index contributed by atoms with van der Waals surface area (Å²) in [5.74, 6) is -1.28. The lowest BCUT2D eigenvalue weighted by molar-refractivity contribution is -0.000535. The normalized spacial score (nSPS) is 32.2. The maximum Gasteiger partial charge on any atom is 0.350 e. The van der Waals surface area contributed by atoms with Gasteiger partial charge in [0, 0.05) is 6.20 Å². The molecule has 0 amide bonds. The van der Waals surface area contributed by atoms with Crippen LogP contribution < -0.4 is 11.4 Å². The molecule has 17 heavy (non-hydrogen) atoms. The molecule has 0 radical (unpaired) electrons. The zero-order chi connectivity index (χ0) is 12.8. The average Bonchev–Trinajstić information content (AvgIpc) is 2.24. The number of hydrogen-bond acceptors (Lipinski definition) is 6. The van der Waals surface area contributed by atoms with Crippen molar-refractivity contribution in [1.82, 2.24) is 9.55 Å². The first kappa shape index (κ1) is 12.3. The predicted molar refractivity (Wildman–Crippen MR) is 61.0 cm³/mol. The van der Waals surface area contributed by atoms with Gasteiger partial charge in [-0.15, -0.1) is 11.8 Å². The van der Waals surface area contributed by atoms with E-state index in [1.54, 1.807) is 0 Å². The summed E-state index contributed by atoms with van der Waals surface area (Å²) >= 11 is 1.18. The molecule has 0 aliphatic carbocycles. The summed E-state index contributed by atoms with van der Waals surface area (Å²) in [6, 6.07) is 0. The van der Waals surface area contributed by atoms with Gasteiger partial charge in [0.05, 0.1) is 11.9 Å². The van der Waals surface area contributed by atoms with Crippen molar-refractivity contribution in [3.63, 3.8) is 0 Å². The minimum Gasteiger partial charge on any atom is -0.395 e. The Labute approximate surface area is 100 Å². The van der Waals surface area contributed by atoms with E-state index in [1.807, 2.05) is 0 Å². The minimum atomic E-state index is -1.28. The SMILES string of the molecule is C[C@]1(O)[C@@H](CO)S[C@H]1n1cc(F)c(N)nc1=O. The number of aliphatic hydroxyl groups excluding tert-OH is 1. The van der Waals surface area contributed by atoms with E-state index < -0.39 is 33.5 Å². The quantitative estimate of drug-likeness (QED) is 0.652. The first-order valence-electron chi connectivity index (χ1n) is 4.90. The van der Waals surface area contributed by atoms with E-state index >= 15 is 0 Å². The van der Waals surface area contributed by atoms with Gasteiger partial charge >= 0.3 is 5.69 Å². The van der Waals surface area contributed by atoms with Gasteiger partial charge in [0.25, 0.3) is 0 Å². The largest absolute Gasteiger partial charge is 0.395 e. The summed E-state index contributed by atoms with van der Waals surface area (Å²) < 4.78 is 14.2. The van der Waals surface area contributed by atoms with Crippen molar-refractivity contribution >= 4 is 17.6 Å². The number of aliphatic hydroxyl groups is 2. The zero-order valence-corrected chi connectivity index (χ0v) is 9.82. The number of anilines is 1. The van der Waals surface area contributed by atoms with Crippen LogP contribution in [0.2, 0.25) is 0 Å². The predicted octanol–water partition coefficient (Wildman–Crippen LogP) is -0.678. The Kier molecular flexibility index (Phi) is 2.88. The van der Waals surface area contributed by atoms with Gasteiger partial charge in [0.15, 0.2) is 11.6 Å². The van der Waals surface area contributed by atoms with E-state index in [1.165, 1.54) is 18.7 Å². The van der Waals surface area contributed by atoms with Crippen molar-refractivity contribution < 1.29 is 14.6 Å². The highest BCUT2D eigenvalue weighted by atomic mass is 32.2. The topological polar surface area (TPSA) is 101 Å². The highest BCUT2D eigenvalue weighted by Crippen LogP contribution is 2.52. The summed E-state index contributed by atoms with van der Waals surface area (Å²) in [5, 5.41) is 18.0. The fourth-order valence-electron chi connectivity index (χ4n) is 1.72. The second-order valence-electron chi connectivity index (χ2n) is 4.05. The maximum atomic E-state index is 13.2. The number of thioether (sulfide) groups is 1. The third-order valence-corrected chi connectivity index (χ3v) is 4.71. The van der Waals surface area contributed by atoms with Gasteiger partial charge < -0.3 is 15.9 Å². The van der Waals surface area contributed by atoms with Crippen LogP contribution >= 0.6 is 11.8 Å². The Morgan fingerprint density at radius 2 is 2.41 bits per heavy atom. The molecule has 0 unspecified atom stereocenters. The molecule has 2 rings (SSSR count). The molecular formula is C9H12FN3O3S. The van der Waals surface area contributed by atoms with Crippen LogP contribution in [0.5, 0.6) is 0 Å². The van der Waals surface area contributed by atoms with E-state index in [0.29, 0.717) is 0 Å². The van der Waals surface area contributed by atoms with Crippen LogP contribution in [0, 0.1) is 5.82 Å². The highest BCUT2D eigenvalue weighted by molar-refractivity contribution is 8.01. The molecule has 0 bridgehead atoms. The molecule has 1 saturated heterocycles. The fraction of sp³-hybridized carbons (Fsp3) is 0.556. The number of aromatic nitrogens is 2. The number of nitrogen functional groups attached to an aromatic ring is 1. The number of hydrogen-bond donors (Lipinski definition) is 3. The van der Waals surface area contributed by atoms with Crippen molar-refractivity contribution in [1.29, 1.82) is 0 Å². The summed E-state index contributed by atoms with van der Waals surface area (Å²) in [7, 11) is 0. The molecule has 94 valence electrons. The van der Waals surface area contributed by atoms with Gasteiger partial charge in [0.1, 0.15) is 11.0 Å². The Bertz CT molecular complexity index is 505. The summed E-state index contributed by atoms with van der Waals surface area (Å²) in [6.07, 6.45) is 0.921. The monoisotopic (exact) mass is 261 g/mol. The molecule has 0 saturated carbocycles. The second kappa shape index (κ2) is 3.97. The van der Waals surface area contributed by atoms with Gasteiger partial charge in [-0.25, -0.2) is 9.18 Å². The molecule has 6 nitrogen and oxygen atoms in total. The van der Waals surface area contributed by atoms with Crippen molar-refractivity contribution in [3.05, 3.63) is 22.5 Å². The van der Waals surface area contributed by atoms with Gasteiger partial charge in [-0.2, -0.15) is 4.98 Å². The lowest BCUT2D eigenvalue weighted by Gasteiger charge is -2.48. The van der Waals surface area contributed by atoms with E-state index in [2.05, 4.69) is 4.98 Å². The molecular weight excluding hydrogens is 249 g/mol. The Hall–Kier alpha value is -1.12. The molecule has 1 aliphatic heterocycles. The smallest absolute Gasteiger partial charge is 0.350 e. The zero-order valence-electron chi connectivity index (χ0n) is 9.00. The molecule has 3 atom stereocenters. The molecule has 4 N–H and O–H groups in total. The van der Waals surface area contributed by atoms with Crippen LogP contribution in [0.4, 0.5) is 10.2 Å². The number of nitrogens with two attached hydrogens (primary N) is 1. The van der Waals surface area contributed by atoms with Gasteiger partial charge in [-0.05, 0) is 6.92 Å². The summed E-state index contributed by atoms with van der Waals surface area (Å²) in [5.41, 5.74) is 3.15. The summed E-state index contributed by atoms with van der Waals surface area (Å²) in [6.45, 7) is 1.27. The molecule has 8 heteroatoms. The van der Waals surface area contributed by atoms with E-state index in [9.17, 15) is 14.3 Å². The molecule has 1 aromatic rings. The van der Waals surface area contributed by atoms with Crippen LogP contribution in [0.15, 0.2) is 11.0 Å². The Balaban J connectivity index is 2.38. The van der Waals surface area contributed by atoms with Crippen LogP contribution in [-0.2, 0) is 0 Å². The first-order valence-corrected chi connectivity index (χ1v) is 5.85. The Morgan fingerprint density at radius 3 is 2.94 bits per heavy atom. The van der Waals surface area contributed by atoms with Gasteiger partial charge in [-0.1, -0.05) is 0 Å². The third kappa shape index (κ3) is 1.81. The van der Waals surface area contributed by atoms with Gasteiger partial charge in [-0.3, -0.25) is 4.57 Å². The highest BCUT2D eigenvalue weighted by Gasteiger charge is 2.52. The van der Waals surface area contributed by atoms with Gasteiger partial charge in [0.2, 0.25) is 0 Å². The number of rotatable bonds is 2. The maximum absolute atomic E-state index is 13.2. The second-order valence-corrected chi connectivity index (χ2v) is 5.34. The molecule has 2 heterocycles. The first-order chi connectivity index (χ1) is 7.87. The van der Waals surface area contributed by atoms with E-state index in [-0.39, 0.29) is 6.61 Å². The van der Waals surface area contributed by atoms with Crippen LogP contribution in [0.1, 0.15) is 12.3 Å². The van der Waals surface area contributed by atoms with Crippen LogP contribution in [0.3, 0.4) is 0 Å². The molecule has 1 aromatic heterocycles. The molecule has 0 aromatic carbocycles. The molecule has 1 fully saturated rings. The van der Waals surface area contributed by atoms with Crippen molar-refractivity contribution in [3.8, 4) is 0 Å². The van der Waals surface area contributed by atoms with Crippen LogP contribution in [-0.4, -0.2) is 37.2 Å². The summed E-state index contributed by atoms with van der Waals surface area (Å²) in [4.78, 5) is 14.8. The standard InChI is InChI=1S/C9H12FN3O3S/c1-9(16)5(3-14)17-7(9)13-2-4(10)6(11)12-8(13)15/h2,5,7,14,16H,3H2,1H3,(H2,11,12,15)/t5-,7-,9+/m1/s1. The van der Waals surface area contributed by atoms with E-state index in [4.69, 9.17) is 10.8 Å². The third-order valence-electron chi connectivity index (χ3n) is 2.80. The van der Waals surface area contributed by atoms with Crippen molar-refractivity contribution in [2.45, 2.75) is 23.1 Å². The molecule has 1 aliphatic rings. The average molecular weight is 261 g/mol. The van der Waals surface area contributed by atoms with Crippen molar-refractivity contribution in [2.24, 2.45) is 0 Å². The van der Waals surface area contributed by atoms with E-state index in [0.717, 1.165) is 10.8 Å². The lowest BCUT2D eigenvalue weighted by Crippen LogP contribution is -2.57. The van der Waals surface area contributed by atoms with Crippen LogP contribution in [0.25, 0.3) is 0 Å².